The highest BCUT2D eigenvalue weighted by atomic mass is 15.1. The third-order valence-corrected chi connectivity index (χ3v) is 3.12. The molecule has 1 aliphatic carbocycles. The molecule has 1 saturated carbocycles. The zero-order chi connectivity index (χ0) is 9.47. The van der Waals surface area contributed by atoms with Crippen LogP contribution in [0.15, 0.2) is 12.5 Å². The Bertz CT molecular complexity index is 297. The Morgan fingerprint density at radius 3 is 2.85 bits per heavy atom. The van der Waals surface area contributed by atoms with Crippen LogP contribution in [0.2, 0.25) is 0 Å². The van der Waals surface area contributed by atoms with E-state index in [9.17, 15) is 0 Å². The van der Waals surface area contributed by atoms with E-state index < -0.39 is 0 Å². The van der Waals surface area contributed by atoms with Crippen molar-refractivity contribution in [3.63, 3.8) is 0 Å². The minimum Gasteiger partial charge on any atom is -0.328 e. The topological polar surface area (TPSA) is 43.8 Å². The molecule has 3 nitrogen and oxygen atoms in total. The smallest absolute Gasteiger partial charge is 0.0953 e. The second kappa shape index (κ2) is 2.84. The van der Waals surface area contributed by atoms with Gasteiger partial charge in [-0.3, -0.25) is 0 Å². The van der Waals surface area contributed by atoms with Crippen molar-refractivity contribution in [3.05, 3.63) is 18.2 Å². The number of rotatable bonds is 3. The number of hydrogen-bond donors (Lipinski definition) is 1. The molecular weight excluding hydrogens is 162 g/mol. The van der Waals surface area contributed by atoms with Gasteiger partial charge in [-0.1, -0.05) is 0 Å². The summed E-state index contributed by atoms with van der Waals surface area (Å²) in [5.74, 6) is 0.812. The van der Waals surface area contributed by atoms with Crippen molar-refractivity contribution >= 4 is 0 Å². The molecule has 0 spiro atoms. The SMILES string of the molecule is CC(C)(C1CC1)n1cncc1CN. The molecule has 0 aliphatic heterocycles. The predicted octanol–water partition coefficient (Wildman–Crippen LogP) is 1.49. The zero-order valence-corrected chi connectivity index (χ0v) is 8.33. The van der Waals surface area contributed by atoms with Crippen LogP contribution in [0.1, 0.15) is 32.4 Å². The van der Waals surface area contributed by atoms with E-state index in [1.54, 1.807) is 0 Å². The van der Waals surface area contributed by atoms with Crippen molar-refractivity contribution in [2.45, 2.75) is 38.8 Å². The second-order valence-corrected chi connectivity index (χ2v) is 4.39. The first kappa shape index (κ1) is 8.75. The highest BCUT2D eigenvalue weighted by Gasteiger charge is 2.39. The maximum atomic E-state index is 5.65. The van der Waals surface area contributed by atoms with Gasteiger partial charge >= 0.3 is 0 Å². The molecule has 72 valence electrons. The van der Waals surface area contributed by atoms with Gasteiger partial charge in [0.2, 0.25) is 0 Å². The number of nitrogens with zero attached hydrogens (tertiary/aromatic N) is 2. The van der Waals surface area contributed by atoms with Gasteiger partial charge < -0.3 is 10.3 Å². The Balaban J connectivity index is 2.32. The standard InChI is InChI=1S/C10H17N3/c1-10(2,8-3-4-8)13-7-12-6-9(13)5-11/h6-8H,3-5,11H2,1-2H3. The van der Waals surface area contributed by atoms with Crippen LogP contribution in [0.5, 0.6) is 0 Å². The average molecular weight is 179 g/mol. The normalized spacial score (nSPS) is 17.8. The minimum absolute atomic E-state index is 0.200. The van der Waals surface area contributed by atoms with Crippen molar-refractivity contribution in [2.24, 2.45) is 11.7 Å². The summed E-state index contributed by atoms with van der Waals surface area (Å²) in [5.41, 5.74) is 6.99. The molecule has 1 fully saturated rings. The van der Waals surface area contributed by atoms with E-state index in [0.717, 1.165) is 11.6 Å². The zero-order valence-electron chi connectivity index (χ0n) is 8.33. The summed E-state index contributed by atoms with van der Waals surface area (Å²) in [6.45, 7) is 5.12. The molecule has 2 rings (SSSR count). The highest BCUT2D eigenvalue weighted by Crippen LogP contribution is 2.44. The fourth-order valence-electron chi connectivity index (χ4n) is 1.98. The lowest BCUT2D eigenvalue weighted by atomic mass is 9.98. The number of imidazole rings is 1. The lowest BCUT2D eigenvalue weighted by molar-refractivity contribution is 0.296. The third kappa shape index (κ3) is 1.37. The summed E-state index contributed by atoms with van der Waals surface area (Å²) in [4.78, 5) is 4.15. The van der Waals surface area contributed by atoms with E-state index in [1.165, 1.54) is 12.8 Å². The van der Waals surface area contributed by atoms with E-state index >= 15 is 0 Å². The molecular formula is C10H17N3. The molecule has 0 amide bonds. The summed E-state index contributed by atoms with van der Waals surface area (Å²) >= 11 is 0. The van der Waals surface area contributed by atoms with Crippen LogP contribution in [0.3, 0.4) is 0 Å². The highest BCUT2D eigenvalue weighted by molar-refractivity contribution is 5.05. The van der Waals surface area contributed by atoms with Gasteiger partial charge in [0.15, 0.2) is 0 Å². The predicted molar refractivity (Wildman–Crippen MR) is 52.2 cm³/mol. The van der Waals surface area contributed by atoms with Crippen molar-refractivity contribution < 1.29 is 0 Å². The molecule has 0 aromatic carbocycles. The van der Waals surface area contributed by atoms with Crippen molar-refractivity contribution in [1.29, 1.82) is 0 Å². The van der Waals surface area contributed by atoms with Gasteiger partial charge in [-0.25, -0.2) is 4.98 Å². The molecule has 0 bridgehead atoms. The van der Waals surface area contributed by atoms with Gasteiger partial charge in [-0.2, -0.15) is 0 Å². The van der Waals surface area contributed by atoms with Crippen LogP contribution in [0, 0.1) is 5.92 Å². The molecule has 0 atom stereocenters. The Morgan fingerprint density at radius 2 is 2.31 bits per heavy atom. The van der Waals surface area contributed by atoms with Crippen LogP contribution in [0.4, 0.5) is 0 Å². The van der Waals surface area contributed by atoms with Gasteiger partial charge in [0, 0.05) is 18.3 Å². The Labute approximate surface area is 79.0 Å². The van der Waals surface area contributed by atoms with E-state index in [0.29, 0.717) is 6.54 Å². The van der Waals surface area contributed by atoms with Crippen LogP contribution < -0.4 is 5.73 Å². The lowest BCUT2D eigenvalue weighted by Crippen LogP contribution is -2.30. The molecule has 0 saturated heterocycles. The van der Waals surface area contributed by atoms with E-state index in [2.05, 4.69) is 23.4 Å². The molecule has 0 unspecified atom stereocenters. The Kier molecular flexibility index (Phi) is 1.91. The van der Waals surface area contributed by atoms with Gasteiger partial charge in [0.1, 0.15) is 0 Å². The van der Waals surface area contributed by atoms with Crippen LogP contribution >= 0.6 is 0 Å². The second-order valence-electron chi connectivity index (χ2n) is 4.39. The summed E-state index contributed by atoms with van der Waals surface area (Å²) in [6, 6.07) is 0. The lowest BCUT2D eigenvalue weighted by Gasteiger charge is -2.28. The minimum atomic E-state index is 0.200. The summed E-state index contributed by atoms with van der Waals surface area (Å²) in [5, 5.41) is 0. The summed E-state index contributed by atoms with van der Waals surface area (Å²) < 4.78 is 2.23. The molecule has 1 aliphatic rings. The van der Waals surface area contributed by atoms with Crippen LogP contribution in [-0.4, -0.2) is 9.55 Å². The maximum Gasteiger partial charge on any atom is 0.0953 e. The van der Waals surface area contributed by atoms with E-state index in [4.69, 9.17) is 5.73 Å². The largest absolute Gasteiger partial charge is 0.328 e. The van der Waals surface area contributed by atoms with Crippen LogP contribution in [-0.2, 0) is 12.1 Å². The van der Waals surface area contributed by atoms with Crippen molar-refractivity contribution in [1.82, 2.24) is 9.55 Å². The maximum absolute atomic E-state index is 5.65. The summed E-state index contributed by atoms with van der Waals surface area (Å²) in [7, 11) is 0. The van der Waals surface area contributed by atoms with Crippen LogP contribution in [0.25, 0.3) is 0 Å². The molecule has 1 aromatic rings. The first-order chi connectivity index (χ1) is 6.16. The van der Waals surface area contributed by atoms with Gasteiger partial charge in [-0.05, 0) is 32.6 Å². The quantitative estimate of drug-likeness (QED) is 0.764. The fraction of sp³-hybridized carbons (Fsp3) is 0.700. The van der Waals surface area contributed by atoms with Crippen molar-refractivity contribution in [3.8, 4) is 0 Å². The van der Waals surface area contributed by atoms with Gasteiger partial charge in [-0.15, -0.1) is 0 Å². The van der Waals surface area contributed by atoms with Gasteiger partial charge in [0.25, 0.3) is 0 Å². The van der Waals surface area contributed by atoms with E-state index in [1.807, 2.05) is 12.5 Å². The molecule has 0 radical (unpaired) electrons. The Morgan fingerprint density at radius 1 is 1.62 bits per heavy atom. The first-order valence-electron chi connectivity index (χ1n) is 4.88. The average Bonchev–Trinajstić information content (AvgIpc) is 2.84. The first-order valence-corrected chi connectivity index (χ1v) is 4.88. The van der Waals surface area contributed by atoms with Crippen molar-refractivity contribution in [2.75, 3.05) is 0 Å². The number of hydrogen-bond acceptors (Lipinski definition) is 2. The number of aromatic nitrogens is 2. The summed E-state index contributed by atoms with van der Waals surface area (Å²) in [6.07, 6.45) is 6.45. The van der Waals surface area contributed by atoms with Gasteiger partial charge in [0.05, 0.1) is 12.0 Å². The fourth-order valence-corrected chi connectivity index (χ4v) is 1.98. The molecule has 2 N–H and O–H groups in total. The molecule has 13 heavy (non-hydrogen) atoms. The van der Waals surface area contributed by atoms with E-state index in [-0.39, 0.29) is 5.54 Å². The monoisotopic (exact) mass is 179 g/mol. The number of nitrogens with two attached hydrogens (primary N) is 1. The Hall–Kier alpha value is -0.830. The molecule has 3 heteroatoms. The third-order valence-electron chi connectivity index (χ3n) is 3.12. The molecule has 1 aromatic heterocycles. The molecule has 1 heterocycles.